The van der Waals surface area contributed by atoms with Crippen LogP contribution in [0.3, 0.4) is 0 Å². The molecule has 0 saturated carbocycles. The van der Waals surface area contributed by atoms with Crippen molar-refractivity contribution in [3.05, 3.63) is 77.6 Å². The molecule has 3 rings (SSSR count). The Morgan fingerprint density at radius 1 is 1.10 bits per heavy atom. The van der Waals surface area contributed by atoms with Gasteiger partial charge in [-0.2, -0.15) is 0 Å². The Morgan fingerprint density at radius 3 is 2.52 bits per heavy atom. The van der Waals surface area contributed by atoms with Crippen molar-refractivity contribution in [1.29, 1.82) is 0 Å². The molecular formula is C24H30FN3O. The number of rotatable bonds is 7. The Balaban J connectivity index is 1.44. The van der Waals surface area contributed by atoms with Gasteiger partial charge in [-0.25, -0.2) is 4.39 Å². The highest BCUT2D eigenvalue weighted by Crippen LogP contribution is 2.12. The zero-order valence-electron chi connectivity index (χ0n) is 17.3. The third kappa shape index (κ3) is 6.24. The van der Waals surface area contributed by atoms with Crippen LogP contribution < -0.4 is 0 Å². The van der Waals surface area contributed by atoms with Gasteiger partial charge in [0.25, 0.3) is 0 Å². The summed E-state index contributed by atoms with van der Waals surface area (Å²) in [6.07, 6.45) is 4.35. The number of piperazine rings is 1. The highest BCUT2D eigenvalue weighted by Gasteiger charge is 2.27. The Morgan fingerprint density at radius 2 is 1.83 bits per heavy atom. The van der Waals surface area contributed by atoms with Gasteiger partial charge in [-0.3, -0.25) is 14.6 Å². The molecule has 154 valence electrons. The van der Waals surface area contributed by atoms with Gasteiger partial charge in [-0.1, -0.05) is 54.6 Å². The highest BCUT2D eigenvalue weighted by molar-refractivity contribution is 5.81. The van der Waals surface area contributed by atoms with Gasteiger partial charge in [-0.15, -0.1) is 0 Å². The number of halogens is 1. The van der Waals surface area contributed by atoms with Crippen LogP contribution in [0.2, 0.25) is 0 Å². The highest BCUT2D eigenvalue weighted by atomic mass is 19.1. The summed E-state index contributed by atoms with van der Waals surface area (Å²) in [6, 6.07) is 16.6. The molecular weight excluding hydrogens is 365 g/mol. The van der Waals surface area contributed by atoms with Crippen molar-refractivity contribution in [2.24, 2.45) is 0 Å². The number of amides is 1. The molecule has 4 nitrogen and oxygen atoms in total. The lowest BCUT2D eigenvalue weighted by molar-refractivity contribution is -0.136. The lowest BCUT2D eigenvalue weighted by Crippen LogP contribution is -2.53. The van der Waals surface area contributed by atoms with Gasteiger partial charge in [0.2, 0.25) is 5.91 Å². The fourth-order valence-electron chi connectivity index (χ4n) is 3.70. The van der Waals surface area contributed by atoms with Gasteiger partial charge < -0.3 is 4.90 Å². The summed E-state index contributed by atoms with van der Waals surface area (Å²) >= 11 is 0. The first kappa shape index (κ1) is 21.2. The van der Waals surface area contributed by atoms with Crippen LogP contribution in [0.5, 0.6) is 0 Å². The third-order valence-electron chi connectivity index (χ3n) is 5.47. The first-order valence-electron chi connectivity index (χ1n) is 10.2. The van der Waals surface area contributed by atoms with E-state index in [2.05, 4.69) is 34.1 Å². The topological polar surface area (TPSA) is 26.8 Å². The maximum Gasteiger partial charge on any atom is 0.239 e. The summed E-state index contributed by atoms with van der Waals surface area (Å²) in [5.74, 6) is -0.194. The SMILES string of the molecule is CC(C(=O)N(C)Cc1cccc(F)c1)N1CCN(C/C=C/c2ccccc2)CC1. The lowest BCUT2D eigenvalue weighted by Gasteiger charge is -2.38. The Bertz CT molecular complexity index is 816. The van der Waals surface area contributed by atoms with Crippen LogP contribution in [0.1, 0.15) is 18.1 Å². The zero-order valence-corrected chi connectivity index (χ0v) is 17.3. The molecule has 5 heteroatoms. The minimum absolute atomic E-state index is 0.0756. The normalized spacial score (nSPS) is 16.8. The van der Waals surface area contributed by atoms with Gasteiger partial charge in [-0.05, 0) is 30.2 Å². The second-order valence-electron chi connectivity index (χ2n) is 7.65. The molecule has 0 spiro atoms. The van der Waals surface area contributed by atoms with E-state index >= 15 is 0 Å². The Kier molecular flexibility index (Phi) is 7.55. The van der Waals surface area contributed by atoms with E-state index in [-0.39, 0.29) is 17.8 Å². The summed E-state index contributed by atoms with van der Waals surface area (Å²) in [7, 11) is 1.79. The van der Waals surface area contributed by atoms with Crippen molar-refractivity contribution in [3.8, 4) is 0 Å². The Labute approximate surface area is 173 Å². The molecule has 0 N–H and O–H groups in total. The van der Waals surface area contributed by atoms with Gasteiger partial charge in [0, 0.05) is 46.3 Å². The van der Waals surface area contributed by atoms with Crippen LogP contribution >= 0.6 is 0 Å². The third-order valence-corrected chi connectivity index (χ3v) is 5.47. The van der Waals surface area contributed by atoms with Crippen molar-refractivity contribution < 1.29 is 9.18 Å². The molecule has 1 saturated heterocycles. The van der Waals surface area contributed by atoms with Crippen LogP contribution in [-0.4, -0.2) is 66.4 Å². The molecule has 1 atom stereocenters. The molecule has 0 aliphatic carbocycles. The molecule has 1 amide bonds. The van der Waals surface area contributed by atoms with E-state index in [4.69, 9.17) is 0 Å². The second kappa shape index (κ2) is 10.3. The van der Waals surface area contributed by atoms with Crippen LogP contribution in [0, 0.1) is 5.82 Å². The molecule has 1 aliphatic rings. The zero-order chi connectivity index (χ0) is 20.6. The average Bonchev–Trinajstić information content (AvgIpc) is 2.74. The van der Waals surface area contributed by atoms with Gasteiger partial charge >= 0.3 is 0 Å². The Hall–Kier alpha value is -2.50. The number of hydrogen-bond donors (Lipinski definition) is 0. The molecule has 1 aliphatic heterocycles. The first-order chi connectivity index (χ1) is 14.0. The summed E-state index contributed by atoms with van der Waals surface area (Å²) in [6.45, 7) is 6.96. The van der Waals surface area contributed by atoms with Crippen molar-refractivity contribution >= 4 is 12.0 Å². The maximum atomic E-state index is 13.4. The van der Waals surface area contributed by atoms with Crippen LogP contribution in [0.25, 0.3) is 6.08 Å². The predicted molar refractivity (Wildman–Crippen MR) is 116 cm³/mol. The summed E-state index contributed by atoms with van der Waals surface area (Å²) in [4.78, 5) is 19.1. The number of nitrogens with zero attached hydrogens (tertiary/aromatic N) is 3. The summed E-state index contributed by atoms with van der Waals surface area (Å²) in [5.41, 5.74) is 2.02. The lowest BCUT2D eigenvalue weighted by atomic mass is 10.1. The van der Waals surface area contributed by atoms with Crippen LogP contribution in [0.4, 0.5) is 4.39 Å². The number of hydrogen-bond acceptors (Lipinski definition) is 3. The molecule has 0 aromatic heterocycles. The second-order valence-corrected chi connectivity index (χ2v) is 7.65. The number of likely N-dealkylation sites (N-methyl/N-ethyl adjacent to an activating group) is 1. The molecule has 29 heavy (non-hydrogen) atoms. The fourth-order valence-corrected chi connectivity index (χ4v) is 3.70. The summed E-state index contributed by atoms with van der Waals surface area (Å²) < 4.78 is 13.4. The van der Waals surface area contributed by atoms with Crippen molar-refractivity contribution in [2.45, 2.75) is 19.5 Å². The number of carbonyl (C=O) groups excluding carboxylic acids is 1. The number of benzene rings is 2. The van der Waals surface area contributed by atoms with Crippen molar-refractivity contribution in [1.82, 2.24) is 14.7 Å². The quantitative estimate of drug-likeness (QED) is 0.718. The standard InChI is InChI=1S/C24H30FN3O/c1-20(24(29)26(2)19-22-10-6-12-23(25)18-22)28-16-14-27(15-17-28)13-7-11-21-8-4-3-5-9-21/h3-12,18,20H,13-17,19H2,1-2H3/b11-7+. The van der Waals surface area contributed by atoms with E-state index in [1.165, 1.54) is 17.7 Å². The van der Waals surface area contributed by atoms with E-state index in [9.17, 15) is 9.18 Å². The van der Waals surface area contributed by atoms with Gasteiger partial charge in [0.15, 0.2) is 0 Å². The molecule has 1 unspecified atom stereocenters. The smallest absolute Gasteiger partial charge is 0.239 e. The minimum atomic E-state index is -0.270. The maximum absolute atomic E-state index is 13.4. The average molecular weight is 396 g/mol. The minimum Gasteiger partial charge on any atom is -0.340 e. The molecule has 1 fully saturated rings. The van der Waals surface area contributed by atoms with Crippen LogP contribution in [-0.2, 0) is 11.3 Å². The summed E-state index contributed by atoms with van der Waals surface area (Å²) in [5, 5.41) is 0. The first-order valence-corrected chi connectivity index (χ1v) is 10.2. The molecule has 0 radical (unpaired) electrons. The number of carbonyl (C=O) groups is 1. The molecule has 0 bridgehead atoms. The van der Waals surface area contributed by atoms with Crippen molar-refractivity contribution in [3.63, 3.8) is 0 Å². The van der Waals surface area contributed by atoms with Gasteiger partial charge in [0.1, 0.15) is 5.82 Å². The van der Waals surface area contributed by atoms with E-state index in [1.54, 1.807) is 18.0 Å². The predicted octanol–water partition coefficient (Wildman–Crippen LogP) is 3.50. The largest absolute Gasteiger partial charge is 0.340 e. The fraction of sp³-hybridized carbons (Fsp3) is 0.375. The van der Waals surface area contributed by atoms with E-state index in [0.717, 1.165) is 38.3 Å². The molecule has 2 aromatic rings. The van der Waals surface area contributed by atoms with E-state index in [1.807, 2.05) is 31.2 Å². The monoisotopic (exact) mass is 395 g/mol. The van der Waals surface area contributed by atoms with E-state index < -0.39 is 0 Å². The van der Waals surface area contributed by atoms with E-state index in [0.29, 0.717) is 6.54 Å². The van der Waals surface area contributed by atoms with Crippen molar-refractivity contribution in [2.75, 3.05) is 39.8 Å². The molecule has 2 aromatic carbocycles. The molecule has 1 heterocycles. The van der Waals surface area contributed by atoms with Gasteiger partial charge in [0.05, 0.1) is 6.04 Å². The van der Waals surface area contributed by atoms with Crippen LogP contribution in [0.15, 0.2) is 60.7 Å².